The summed E-state index contributed by atoms with van der Waals surface area (Å²) in [5.41, 5.74) is 7.82. The van der Waals surface area contributed by atoms with Crippen LogP contribution in [0.4, 0.5) is 5.69 Å². The minimum absolute atomic E-state index is 0.832. The molecule has 0 amide bonds. The molecule has 0 atom stereocenters. The lowest BCUT2D eigenvalue weighted by atomic mass is 10.3. The van der Waals surface area contributed by atoms with Crippen LogP contribution in [0.2, 0.25) is 0 Å². The quantitative estimate of drug-likeness (QED) is 0.581. The van der Waals surface area contributed by atoms with Crippen LogP contribution in [0.1, 0.15) is 5.69 Å². The number of aromatic nitrogens is 2. The maximum atomic E-state index is 5.90. The number of nitrogens with two attached hydrogens (primary N) is 1. The normalized spacial score (nSPS) is 11.1. The van der Waals surface area contributed by atoms with Gasteiger partial charge in [-0.15, -0.1) is 23.1 Å². The van der Waals surface area contributed by atoms with E-state index in [-0.39, 0.29) is 0 Å². The van der Waals surface area contributed by atoms with Crippen molar-refractivity contribution in [1.29, 1.82) is 0 Å². The molecule has 0 aliphatic rings. The van der Waals surface area contributed by atoms with Crippen molar-refractivity contribution >= 4 is 33.7 Å². The van der Waals surface area contributed by atoms with Crippen molar-refractivity contribution in [3.05, 3.63) is 47.7 Å². The van der Waals surface area contributed by atoms with Gasteiger partial charge in [-0.2, -0.15) is 0 Å². The summed E-state index contributed by atoms with van der Waals surface area (Å²) in [5, 5.41) is 2.04. The summed E-state index contributed by atoms with van der Waals surface area (Å²) in [4.78, 5) is 6.70. The van der Waals surface area contributed by atoms with E-state index in [0.717, 1.165) is 27.0 Å². The second-order valence-corrected chi connectivity index (χ2v) is 5.54. The van der Waals surface area contributed by atoms with E-state index in [1.165, 1.54) is 0 Å². The van der Waals surface area contributed by atoms with Crippen molar-refractivity contribution in [3.63, 3.8) is 0 Å². The highest BCUT2D eigenvalue weighted by atomic mass is 32.2. The van der Waals surface area contributed by atoms with Crippen LogP contribution in [0.25, 0.3) is 4.96 Å². The Hall–Kier alpha value is -1.46. The van der Waals surface area contributed by atoms with Crippen molar-refractivity contribution in [1.82, 2.24) is 9.38 Å². The van der Waals surface area contributed by atoms with Crippen molar-refractivity contribution in [2.24, 2.45) is 0 Å². The number of hydrogen-bond acceptors (Lipinski definition) is 4. The largest absolute Gasteiger partial charge is 0.398 e. The molecule has 0 radical (unpaired) electrons. The molecule has 86 valence electrons. The van der Waals surface area contributed by atoms with E-state index in [1.54, 1.807) is 23.1 Å². The summed E-state index contributed by atoms with van der Waals surface area (Å²) in [5.74, 6) is 0.850. The lowest BCUT2D eigenvalue weighted by Crippen LogP contribution is -1.88. The molecule has 0 fully saturated rings. The van der Waals surface area contributed by atoms with Gasteiger partial charge in [0.15, 0.2) is 4.96 Å². The Balaban J connectivity index is 1.76. The molecule has 2 heterocycles. The van der Waals surface area contributed by atoms with Crippen LogP contribution in [0.3, 0.4) is 0 Å². The van der Waals surface area contributed by atoms with Gasteiger partial charge in [0.05, 0.1) is 5.69 Å². The molecule has 0 saturated heterocycles. The van der Waals surface area contributed by atoms with Gasteiger partial charge in [0, 0.05) is 34.1 Å². The number of benzene rings is 1. The molecular formula is C12H11N3S2. The molecule has 0 spiro atoms. The lowest BCUT2D eigenvalue weighted by Gasteiger charge is -2.02. The number of nitrogens with zero attached hydrogens (tertiary/aromatic N) is 2. The van der Waals surface area contributed by atoms with Crippen LogP contribution in [0, 0.1) is 0 Å². The first-order valence-corrected chi connectivity index (χ1v) is 7.08. The molecule has 0 aliphatic carbocycles. The fourth-order valence-corrected chi connectivity index (χ4v) is 3.18. The minimum Gasteiger partial charge on any atom is -0.398 e. The molecule has 1 aromatic carbocycles. The Bertz CT molecular complexity index is 613. The number of thiazole rings is 1. The SMILES string of the molecule is Nc1ccccc1SCc1cn2ccsc2n1. The predicted octanol–water partition coefficient (Wildman–Crippen LogP) is 3.27. The third-order valence-electron chi connectivity index (χ3n) is 2.44. The predicted molar refractivity (Wildman–Crippen MR) is 73.5 cm³/mol. The highest BCUT2D eigenvalue weighted by Gasteiger charge is 2.04. The Morgan fingerprint density at radius 3 is 3.06 bits per heavy atom. The van der Waals surface area contributed by atoms with E-state index in [0.29, 0.717) is 0 Å². The van der Waals surface area contributed by atoms with Crippen molar-refractivity contribution in [2.75, 3.05) is 5.73 Å². The van der Waals surface area contributed by atoms with Crippen molar-refractivity contribution in [2.45, 2.75) is 10.6 Å². The van der Waals surface area contributed by atoms with E-state index in [2.05, 4.69) is 15.6 Å². The van der Waals surface area contributed by atoms with Crippen LogP contribution < -0.4 is 5.73 Å². The molecule has 2 N–H and O–H groups in total. The monoisotopic (exact) mass is 261 g/mol. The summed E-state index contributed by atoms with van der Waals surface area (Å²) in [6.45, 7) is 0. The number of anilines is 1. The number of fused-ring (bicyclic) bond motifs is 1. The number of hydrogen-bond donors (Lipinski definition) is 1. The van der Waals surface area contributed by atoms with Gasteiger partial charge in [-0.3, -0.25) is 4.40 Å². The zero-order valence-corrected chi connectivity index (χ0v) is 10.7. The number of rotatable bonds is 3. The summed E-state index contributed by atoms with van der Waals surface area (Å²) in [7, 11) is 0. The van der Waals surface area contributed by atoms with Crippen molar-refractivity contribution in [3.8, 4) is 0 Å². The molecule has 0 unspecified atom stereocenters. The van der Waals surface area contributed by atoms with Gasteiger partial charge in [-0.25, -0.2) is 4.98 Å². The van der Waals surface area contributed by atoms with Gasteiger partial charge in [0.25, 0.3) is 0 Å². The number of imidazole rings is 1. The topological polar surface area (TPSA) is 43.3 Å². The maximum Gasteiger partial charge on any atom is 0.193 e. The van der Waals surface area contributed by atoms with Crippen LogP contribution in [-0.4, -0.2) is 9.38 Å². The molecule has 0 saturated carbocycles. The highest BCUT2D eigenvalue weighted by Crippen LogP contribution is 2.27. The molecule has 17 heavy (non-hydrogen) atoms. The van der Waals surface area contributed by atoms with Gasteiger partial charge in [-0.1, -0.05) is 12.1 Å². The molecule has 0 bridgehead atoms. The van der Waals surface area contributed by atoms with Crippen molar-refractivity contribution < 1.29 is 0 Å². The summed E-state index contributed by atoms with van der Waals surface area (Å²) in [6.07, 6.45) is 4.09. The third kappa shape index (κ3) is 2.16. The summed E-state index contributed by atoms with van der Waals surface area (Å²) in [6, 6.07) is 7.92. The first-order valence-electron chi connectivity index (χ1n) is 5.21. The number of para-hydroxylation sites is 1. The van der Waals surface area contributed by atoms with E-state index in [9.17, 15) is 0 Å². The van der Waals surface area contributed by atoms with Crippen LogP contribution in [-0.2, 0) is 5.75 Å². The van der Waals surface area contributed by atoms with E-state index < -0.39 is 0 Å². The molecule has 3 nitrogen and oxygen atoms in total. The average Bonchev–Trinajstić information content (AvgIpc) is 2.88. The minimum atomic E-state index is 0.832. The standard InChI is InChI=1S/C12H11N3S2/c13-10-3-1-2-4-11(10)17-8-9-7-15-5-6-16-12(15)14-9/h1-7H,8,13H2. The second kappa shape index (κ2) is 4.43. The molecule has 3 rings (SSSR count). The van der Waals surface area contributed by atoms with Gasteiger partial charge >= 0.3 is 0 Å². The Labute approximate surface area is 107 Å². The fourth-order valence-electron chi connectivity index (χ4n) is 1.61. The van der Waals surface area contributed by atoms with E-state index in [1.807, 2.05) is 35.8 Å². The van der Waals surface area contributed by atoms with E-state index in [4.69, 9.17) is 5.73 Å². The Kier molecular flexibility index (Phi) is 2.78. The van der Waals surface area contributed by atoms with Gasteiger partial charge in [-0.05, 0) is 12.1 Å². The van der Waals surface area contributed by atoms with Crippen LogP contribution in [0.15, 0.2) is 46.9 Å². The summed E-state index contributed by atoms with van der Waals surface area (Å²) < 4.78 is 2.05. The zero-order chi connectivity index (χ0) is 11.7. The second-order valence-electron chi connectivity index (χ2n) is 3.65. The highest BCUT2D eigenvalue weighted by molar-refractivity contribution is 7.98. The first-order chi connectivity index (χ1) is 8.33. The van der Waals surface area contributed by atoms with E-state index >= 15 is 0 Å². The van der Waals surface area contributed by atoms with Crippen LogP contribution in [0.5, 0.6) is 0 Å². The molecule has 2 aromatic heterocycles. The Morgan fingerprint density at radius 1 is 1.35 bits per heavy atom. The number of thioether (sulfide) groups is 1. The molecule has 5 heteroatoms. The smallest absolute Gasteiger partial charge is 0.193 e. The van der Waals surface area contributed by atoms with Gasteiger partial charge in [0.2, 0.25) is 0 Å². The molecular weight excluding hydrogens is 250 g/mol. The lowest BCUT2D eigenvalue weighted by molar-refractivity contribution is 1.21. The average molecular weight is 261 g/mol. The van der Waals surface area contributed by atoms with Crippen LogP contribution >= 0.6 is 23.1 Å². The third-order valence-corrected chi connectivity index (χ3v) is 4.33. The fraction of sp³-hybridized carbons (Fsp3) is 0.0833. The maximum absolute atomic E-state index is 5.90. The Morgan fingerprint density at radius 2 is 2.24 bits per heavy atom. The molecule has 3 aromatic rings. The van der Waals surface area contributed by atoms with Gasteiger partial charge in [0.1, 0.15) is 0 Å². The zero-order valence-electron chi connectivity index (χ0n) is 9.04. The number of nitrogen functional groups attached to an aromatic ring is 1. The summed E-state index contributed by atoms with van der Waals surface area (Å²) >= 11 is 3.37. The molecule has 0 aliphatic heterocycles. The van der Waals surface area contributed by atoms with Gasteiger partial charge < -0.3 is 5.73 Å². The first kappa shape index (κ1) is 10.7.